The number of nitrogens with one attached hydrogen (secondary N) is 1. The van der Waals surface area contributed by atoms with E-state index in [2.05, 4.69) is 15.3 Å². The van der Waals surface area contributed by atoms with Crippen molar-refractivity contribution in [3.63, 3.8) is 0 Å². The molecular formula is C15H24N4O3. The molecule has 2 rings (SSSR count). The van der Waals surface area contributed by atoms with E-state index < -0.39 is 6.10 Å². The summed E-state index contributed by atoms with van der Waals surface area (Å²) in [6.07, 6.45) is 2.40. The quantitative estimate of drug-likeness (QED) is 0.782. The zero-order valence-electron chi connectivity index (χ0n) is 13.2. The monoisotopic (exact) mass is 308 g/mol. The Bertz CT molecular complexity index is 510. The van der Waals surface area contributed by atoms with Gasteiger partial charge in [0.25, 0.3) is 0 Å². The third-order valence-corrected chi connectivity index (χ3v) is 3.75. The van der Waals surface area contributed by atoms with E-state index >= 15 is 0 Å². The van der Waals surface area contributed by atoms with Crippen LogP contribution in [-0.2, 0) is 22.4 Å². The Morgan fingerprint density at radius 1 is 1.45 bits per heavy atom. The number of hydrogen-bond acceptors (Lipinski definition) is 6. The Labute approximate surface area is 130 Å². The van der Waals surface area contributed by atoms with Gasteiger partial charge in [0.2, 0.25) is 5.91 Å². The predicted octanol–water partition coefficient (Wildman–Crippen LogP) is 0.233. The summed E-state index contributed by atoms with van der Waals surface area (Å²) in [7, 11) is 0. The number of carbonyl (C=O) groups is 1. The molecule has 0 bridgehead atoms. The van der Waals surface area contributed by atoms with Crippen molar-refractivity contribution in [2.45, 2.75) is 32.8 Å². The minimum atomic E-state index is -0.579. The summed E-state index contributed by atoms with van der Waals surface area (Å²) < 4.78 is 5.19. The average Bonchev–Trinajstić information content (AvgIpc) is 2.73. The second-order valence-electron chi connectivity index (χ2n) is 5.35. The fourth-order valence-electron chi connectivity index (χ4n) is 2.52. The molecule has 2 N–H and O–H groups in total. The lowest BCUT2D eigenvalue weighted by Crippen LogP contribution is -2.31. The molecular weight excluding hydrogens is 284 g/mol. The number of carbonyl (C=O) groups excluding carboxylic acids is 1. The van der Waals surface area contributed by atoms with Gasteiger partial charge in [0, 0.05) is 45.1 Å². The standard InChI is InChI=1S/C15H24N4O3/c1-3-22-9-12(21)8-16-15-13-4-6-19(11(2)20)7-5-14(13)17-10-18-15/h10,12,21H,3-9H2,1-2H3,(H,16,17,18). The predicted molar refractivity (Wildman–Crippen MR) is 82.7 cm³/mol. The molecule has 122 valence electrons. The maximum atomic E-state index is 11.5. The zero-order valence-corrected chi connectivity index (χ0v) is 13.2. The molecule has 1 aliphatic heterocycles. The van der Waals surface area contributed by atoms with Gasteiger partial charge in [0.15, 0.2) is 0 Å². The fourth-order valence-corrected chi connectivity index (χ4v) is 2.52. The van der Waals surface area contributed by atoms with E-state index in [1.807, 2.05) is 11.8 Å². The Morgan fingerprint density at radius 3 is 2.95 bits per heavy atom. The molecule has 7 nitrogen and oxygen atoms in total. The third-order valence-electron chi connectivity index (χ3n) is 3.75. The molecule has 0 saturated carbocycles. The lowest BCUT2D eigenvalue weighted by Gasteiger charge is -2.17. The van der Waals surface area contributed by atoms with Crippen molar-refractivity contribution >= 4 is 11.7 Å². The Balaban J connectivity index is 2.01. The fraction of sp³-hybridized carbons (Fsp3) is 0.667. The molecule has 0 radical (unpaired) electrons. The number of aliphatic hydroxyl groups is 1. The van der Waals surface area contributed by atoms with Gasteiger partial charge in [-0.25, -0.2) is 9.97 Å². The van der Waals surface area contributed by atoms with Gasteiger partial charge in [-0.1, -0.05) is 0 Å². The molecule has 22 heavy (non-hydrogen) atoms. The van der Waals surface area contributed by atoms with Crippen LogP contribution in [0.25, 0.3) is 0 Å². The van der Waals surface area contributed by atoms with Crippen LogP contribution < -0.4 is 5.32 Å². The van der Waals surface area contributed by atoms with E-state index in [0.29, 0.717) is 32.8 Å². The van der Waals surface area contributed by atoms with Crippen molar-refractivity contribution < 1.29 is 14.6 Å². The summed E-state index contributed by atoms with van der Waals surface area (Å²) in [6.45, 7) is 6.10. The first-order chi connectivity index (χ1) is 10.6. The second kappa shape index (κ2) is 8.05. The first-order valence-electron chi connectivity index (χ1n) is 7.69. The maximum Gasteiger partial charge on any atom is 0.219 e. The summed E-state index contributed by atoms with van der Waals surface area (Å²) >= 11 is 0. The zero-order chi connectivity index (χ0) is 15.9. The van der Waals surface area contributed by atoms with Crippen LogP contribution in [-0.4, -0.2) is 64.8 Å². The summed E-state index contributed by atoms with van der Waals surface area (Å²) in [4.78, 5) is 22.0. The molecule has 0 spiro atoms. The molecule has 1 aliphatic rings. The average molecular weight is 308 g/mol. The highest BCUT2D eigenvalue weighted by molar-refractivity contribution is 5.73. The highest BCUT2D eigenvalue weighted by Crippen LogP contribution is 2.20. The number of aliphatic hydroxyl groups excluding tert-OH is 1. The highest BCUT2D eigenvalue weighted by atomic mass is 16.5. The number of hydrogen-bond donors (Lipinski definition) is 2. The van der Waals surface area contributed by atoms with E-state index in [4.69, 9.17) is 4.74 Å². The Morgan fingerprint density at radius 2 is 2.23 bits per heavy atom. The third kappa shape index (κ3) is 4.38. The van der Waals surface area contributed by atoms with E-state index in [9.17, 15) is 9.90 Å². The van der Waals surface area contributed by atoms with Crippen LogP contribution in [0, 0.1) is 0 Å². The van der Waals surface area contributed by atoms with Crippen molar-refractivity contribution in [1.29, 1.82) is 0 Å². The van der Waals surface area contributed by atoms with Gasteiger partial charge in [-0.15, -0.1) is 0 Å². The topological polar surface area (TPSA) is 87.6 Å². The number of amides is 1. The van der Waals surface area contributed by atoms with Crippen LogP contribution in [0.15, 0.2) is 6.33 Å². The minimum Gasteiger partial charge on any atom is -0.389 e. The molecule has 1 aromatic rings. The van der Waals surface area contributed by atoms with Crippen LogP contribution in [0.2, 0.25) is 0 Å². The number of ether oxygens (including phenoxy) is 1. The molecule has 1 aromatic heterocycles. The largest absolute Gasteiger partial charge is 0.389 e. The Kier molecular flexibility index (Phi) is 6.09. The molecule has 0 saturated heterocycles. The van der Waals surface area contributed by atoms with Crippen LogP contribution in [0.1, 0.15) is 25.1 Å². The SMILES string of the molecule is CCOCC(O)CNc1ncnc2c1CCN(C(C)=O)CC2. The molecule has 0 aliphatic carbocycles. The summed E-state index contributed by atoms with van der Waals surface area (Å²) in [5, 5.41) is 13.0. The molecule has 1 atom stereocenters. The number of aromatic nitrogens is 2. The summed E-state index contributed by atoms with van der Waals surface area (Å²) in [6, 6.07) is 0. The lowest BCUT2D eigenvalue weighted by molar-refractivity contribution is -0.128. The van der Waals surface area contributed by atoms with Gasteiger partial charge in [-0.05, 0) is 13.3 Å². The number of rotatable bonds is 6. The highest BCUT2D eigenvalue weighted by Gasteiger charge is 2.20. The van der Waals surface area contributed by atoms with Crippen LogP contribution in [0.5, 0.6) is 0 Å². The minimum absolute atomic E-state index is 0.0856. The normalized spacial score (nSPS) is 15.9. The van der Waals surface area contributed by atoms with Gasteiger partial charge in [0.05, 0.1) is 18.4 Å². The van der Waals surface area contributed by atoms with Gasteiger partial charge in [0.1, 0.15) is 12.1 Å². The molecule has 7 heteroatoms. The number of fused-ring (bicyclic) bond motifs is 1. The van der Waals surface area contributed by atoms with Crippen molar-refractivity contribution in [1.82, 2.24) is 14.9 Å². The van der Waals surface area contributed by atoms with Crippen molar-refractivity contribution in [3.8, 4) is 0 Å². The van der Waals surface area contributed by atoms with Gasteiger partial charge in [-0.3, -0.25) is 4.79 Å². The van der Waals surface area contributed by atoms with Crippen molar-refractivity contribution in [2.24, 2.45) is 0 Å². The smallest absolute Gasteiger partial charge is 0.219 e. The first-order valence-corrected chi connectivity index (χ1v) is 7.69. The van der Waals surface area contributed by atoms with E-state index in [1.165, 1.54) is 6.33 Å². The Hall–Kier alpha value is -1.73. The lowest BCUT2D eigenvalue weighted by atomic mass is 10.1. The van der Waals surface area contributed by atoms with Crippen LogP contribution in [0.4, 0.5) is 5.82 Å². The molecule has 0 aromatic carbocycles. The molecule has 1 amide bonds. The van der Waals surface area contributed by atoms with Crippen molar-refractivity contribution in [3.05, 3.63) is 17.6 Å². The number of nitrogens with zero attached hydrogens (tertiary/aromatic N) is 3. The van der Waals surface area contributed by atoms with E-state index in [-0.39, 0.29) is 5.91 Å². The first kappa shape index (κ1) is 16.6. The van der Waals surface area contributed by atoms with Gasteiger partial charge < -0.3 is 20.1 Å². The molecule has 1 unspecified atom stereocenters. The summed E-state index contributed by atoms with van der Waals surface area (Å²) in [5.41, 5.74) is 2.01. The van der Waals surface area contributed by atoms with Crippen molar-refractivity contribution in [2.75, 3.05) is 38.2 Å². The van der Waals surface area contributed by atoms with Crippen LogP contribution >= 0.6 is 0 Å². The van der Waals surface area contributed by atoms with Gasteiger partial charge >= 0.3 is 0 Å². The maximum absolute atomic E-state index is 11.5. The van der Waals surface area contributed by atoms with Crippen LogP contribution in [0.3, 0.4) is 0 Å². The van der Waals surface area contributed by atoms with E-state index in [1.54, 1.807) is 6.92 Å². The second-order valence-corrected chi connectivity index (χ2v) is 5.35. The molecule has 2 heterocycles. The molecule has 0 fully saturated rings. The van der Waals surface area contributed by atoms with E-state index in [0.717, 1.165) is 29.9 Å². The summed E-state index contributed by atoms with van der Waals surface area (Å²) in [5.74, 6) is 0.827. The number of anilines is 1. The van der Waals surface area contributed by atoms with Gasteiger partial charge in [-0.2, -0.15) is 0 Å².